The second-order valence-corrected chi connectivity index (χ2v) is 12.7. The van der Waals surface area contributed by atoms with Crippen molar-refractivity contribution in [3.63, 3.8) is 0 Å². The van der Waals surface area contributed by atoms with Gasteiger partial charge in [0.2, 0.25) is 5.91 Å². The summed E-state index contributed by atoms with van der Waals surface area (Å²) in [7, 11) is 0. The van der Waals surface area contributed by atoms with E-state index in [0.29, 0.717) is 40.1 Å². The Morgan fingerprint density at radius 2 is 1.83 bits per heavy atom. The van der Waals surface area contributed by atoms with Crippen molar-refractivity contribution in [1.82, 2.24) is 20.5 Å². The van der Waals surface area contributed by atoms with Crippen LogP contribution in [0.2, 0.25) is 5.02 Å². The maximum atomic E-state index is 13.0. The highest BCUT2D eigenvalue weighted by molar-refractivity contribution is 7.18. The van der Waals surface area contributed by atoms with Crippen molar-refractivity contribution in [3.8, 4) is 10.4 Å². The minimum Gasteiger partial charge on any atom is -0.348 e. The number of aromatic nitrogens is 1. The minimum absolute atomic E-state index is 0.0141. The third kappa shape index (κ3) is 6.20. The lowest BCUT2D eigenvalue weighted by Gasteiger charge is -2.37. The highest BCUT2D eigenvalue weighted by atomic mass is 35.5. The van der Waals surface area contributed by atoms with Gasteiger partial charge in [-0.05, 0) is 54.8 Å². The van der Waals surface area contributed by atoms with Crippen LogP contribution >= 0.6 is 34.3 Å². The number of nitrogens with one attached hydrogen (secondary N) is 3. The summed E-state index contributed by atoms with van der Waals surface area (Å²) in [6, 6.07) is 18.5. The van der Waals surface area contributed by atoms with Gasteiger partial charge < -0.3 is 20.9 Å². The molecule has 6 rings (SSSR count). The molecule has 4 heterocycles. The van der Waals surface area contributed by atoms with Crippen LogP contribution in [0.3, 0.4) is 0 Å². The van der Waals surface area contributed by atoms with Crippen molar-refractivity contribution in [3.05, 3.63) is 92.9 Å². The third-order valence-electron chi connectivity index (χ3n) is 7.29. The number of carbonyl (C=O) groups excluding carboxylic acids is 3. The molecule has 2 saturated heterocycles. The number of halogens is 1. The topological polar surface area (TPSA) is 103 Å². The number of hydrogen-bond acceptors (Lipinski definition) is 7. The predicted octanol–water partition coefficient (Wildman–Crippen LogP) is 5.39. The fourth-order valence-corrected chi connectivity index (χ4v) is 7.02. The number of amides is 3. The van der Waals surface area contributed by atoms with Crippen LogP contribution in [0.25, 0.3) is 10.4 Å². The van der Waals surface area contributed by atoms with Gasteiger partial charge in [0.05, 0.1) is 36.4 Å². The molecule has 0 unspecified atom stereocenters. The van der Waals surface area contributed by atoms with E-state index in [1.54, 1.807) is 47.7 Å². The zero-order chi connectivity index (χ0) is 28.3. The molecule has 3 N–H and O–H groups in total. The molecule has 2 aromatic heterocycles. The van der Waals surface area contributed by atoms with Gasteiger partial charge in [-0.3, -0.25) is 14.4 Å². The summed E-state index contributed by atoms with van der Waals surface area (Å²) in [5.41, 5.74) is 2.50. The zero-order valence-corrected chi connectivity index (χ0v) is 24.5. The number of likely N-dealkylation sites (tertiary alicyclic amines) is 1. The van der Waals surface area contributed by atoms with Crippen molar-refractivity contribution in [2.45, 2.75) is 31.3 Å². The Morgan fingerprint density at radius 3 is 2.59 bits per heavy atom. The SMILES string of the molecule is O=C(NCc1ccc(-c2cnc(C3CN(C(=O)c4ccc(NC(=O)[C@@H]5CCCN5)s4)C3)s2)cc1)c1ccccc1Cl. The van der Waals surface area contributed by atoms with Gasteiger partial charge in [-0.15, -0.1) is 22.7 Å². The molecule has 2 aromatic carbocycles. The van der Waals surface area contributed by atoms with Gasteiger partial charge in [0.25, 0.3) is 11.8 Å². The number of benzene rings is 2. The van der Waals surface area contributed by atoms with Crippen molar-refractivity contribution >= 4 is 57.0 Å². The van der Waals surface area contributed by atoms with Gasteiger partial charge in [0.15, 0.2) is 0 Å². The molecule has 0 aliphatic carbocycles. The first-order valence-electron chi connectivity index (χ1n) is 13.5. The molecule has 0 spiro atoms. The molecule has 2 aliphatic rings. The number of anilines is 1. The van der Waals surface area contributed by atoms with Gasteiger partial charge >= 0.3 is 0 Å². The first-order chi connectivity index (χ1) is 19.9. The van der Waals surface area contributed by atoms with Crippen LogP contribution in [0.1, 0.15) is 49.4 Å². The van der Waals surface area contributed by atoms with Gasteiger partial charge in [-0.25, -0.2) is 4.98 Å². The quantitative estimate of drug-likeness (QED) is 0.250. The molecule has 11 heteroatoms. The molecular formula is C30H28ClN5O3S2. The standard InChI is InChI=1S/C30H28ClN5O3S2/c31-22-5-2-1-4-21(22)27(37)33-14-18-7-9-19(10-8-18)25-15-34-29(41-25)20-16-36(17-20)30(39)24-11-12-26(40-24)35-28(38)23-6-3-13-32-23/h1-2,4-5,7-12,15,20,23,32H,3,6,13-14,16-17H2,(H,33,37)(H,35,38)/t23-/m0/s1. The van der Waals surface area contributed by atoms with E-state index in [9.17, 15) is 14.4 Å². The third-order valence-corrected chi connectivity index (χ3v) is 9.82. The number of carbonyl (C=O) groups is 3. The maximum absolute atomic E-state index is 13.0. The Balaban J connectivity index is 0.994. The largest absolute Gasteiger partial charge is 0.348 e. The van der Waals surface area contributed by atoms with E-state index < -0.39 is 0 Å². The Kier molecular flexibility index (Phi) is 8.16. The Hall–Kier alpha value is -3.57. The first kappa shape index (κ1) is 27.6. The number of hydrogen-bond donors (Lipinski definition) is 3. The average molecular weight is 606 g/mol. The number of thiazole rings is 1. The number of thiophene rings is 1. The smallest absolute Gasteiger partial charge is 0.264 e. The number of nitrogens with zero attached hydrogens (tertiary/aromatic N) is 2. The molecule has 4 aromatic rings. The maximum Gasteiger partial charge on any atom is 0.264 e. The fourth-order valence-electron chi connectivity index (χ4n) is 4.91. The first-order valence-corrected chi connectivity index (χ1v) is 15.5. The predicted molar refractivity (Wildman–Crippen MR) is 163 cm³/mol. The summed E-state index contributed by atoms with van der Waals surface area (Å²) in [4.78, 5) is 45.9. The second kappa shape index (κ2) is 12.1. The van der Waals surface area contributed by atoms with E-state index in [1.807, 2.05) is 35.4 Å². The minimum atomic E-state index is -0.206. The van der Waals surface area contributed by atoms with Gasteiger partial charge in [-0.2, -0.15) is 0 Å². The molecule has 8 nitrogen and oxygen atoms in total. The van der Waals surface area contributed by atoms with Gasteiger partial charge in [0.1, 0.15) is 0 Å². The number of rotatable bonds is 8. The molecule has 2 fully saturated rings. The van der Waals surface area contributed by atoms with Crippen LogP contribution < -0.4 is 16.0 Å². The molecular weight excluding hydrogens is 578 g/mol. The summed E-state index contributed by atoms with van der Waals surface area (Å²) in [5, 5.41) is 11.2. The Bertz CT molecular complexity index is 1570. The summed E-state index contributed by atoms with van der Waals surface area (Å²) in [6.07, 6.45) is 3.72. The van der Waals surface area contributed by atoms with Crippen LogP contribution in [-0.2, 0) is 11.3 Å². The molecule has 0 radical (unpaired) electrons. The normalized spacial score (nSPS) is 16.8. The van der Waals surface area contributed by atoms with Crippen LogP contribution in [0.4, 0.5) is 5.00 Å². The van der Waals surface area contributed by atoms with E-state index in [0.717, 1.165) is 40.4 Å². The molecule has 41 heavy (non-hydrogen) atoms. The molecule has 0 saturated carbocycles. The monoisotopic (exact) mass is 605 g/mol. The average Bonchev–Trinajstić information content (AvgIpc) is 3.74. The zero-order valence-electron chi connectivity index (χ0n) is 22.1. The lowest BCUT2D eigenvalue weighted by Crippen LogP contribution is -2.48. The van der Waals surface area contributed by atoms with Crippen LogP contribution in [-0.4, -0.2) is 53.3 Å². The van der Waals surface area contributed by atoms with Crippen molar-refractivity contribution in [2.75, 3.05) is 25.0 Å². The van der Waals surface area contributed by atoms with Crippen molar-refractivity contribution in [2.24, 2.45) is 0 Å². The second-order valence-electron chi connectivity index (χ2n) is 10.1. The van der Waals surface area contributed by atoms with E-state index in [1.165, 1.54) is 11.3 Å². The Morgan fingerprint density at radius 1 is 1.02 bits per heavy atom. The van der Waals surface area contributed by atoms with Crippen LogP contribution in [0.5, 0.6) is 0 Å². The van der Waals surface area contributed by atoms with Crippen molar-refractivity contribution in [1.29, 1.82) is 0 Å². The summed E-state index contributed by atoms with van der Waals surface area (Å²) in [6.45, 7) is 2.52. The fraction of sp³-hybridized carbons (Fsp3) is 0.267. The van der Waals surface area contributed by atoms with E-state index in [4.69, 9.17) is 11.6 Å². The van der Waals surface area contributed by atoms with Crippen LogP contribution in [0.15, 0.2) is 66.9 Å². The highest BCUT2D eigenvalue weighted by Crippen LogP contribution is 2.36. The summed E-state index contributed by atoms with van der Waals surface area (Å²) < 4.78 is 0. The summed E-state index contributed by atoms with van der Waals surface area (Å²) in [5.74, 6) is -0.0472. The lowest BCUT2D eigenvalue weighted by atomic mass is 10.0. The lowest BCUT2D eigenvalue weighted by molar-refractivity contribution is -0.117. The molecule has 1 atom stereocenters. The van der Waals surface area contributed by atoms with E-state index >= 15 is 0 Å². The van der Waals surface area contributed by atoms with Crippen molar-refractivity contribution < 1.29 is 14.4 Å². The molecule has 0 bridgehead atoms. The van der Waals surface area contributed by atoms with E-state index in [-0.39, 0.29) is 29.7 Å². The molecule has 210 valence electrons. The molecule has 2 aliphatic heterocycles. The highest BCUT2D eigenvalue weighted by Gasteiger charge is 2.35. The van der Waals surface area contributed by atoms with E-state index in [2.05, 4.69) is 20.9 Å². The summed E-state index contributed by atoms with van der Waals surface area (Å²) >= 11 is 9.07. The van der Waals surface area contributed by atoms with Gasteiger partial charge in [0, 0.05) is 31.7 Å². The van der Waals surface area contributed by atoms with Gasteiger partial charge in [-0.1, -0.05) is 48.0 Å². The molecule has 3 amide bonds. The van der Waals surface area contributed by atoms with Crippen LogP contribution in [0, 0.1) is 0 Å². The Labute approximate surface area is 250 Å².